The molecule has 6 nitrogen and oxygen atoms in total. The molecule has 0 saturated carbocycles. The SMILES string of the molecule is CCC(C)N(CC(=O)O)C(=O)Cn1ccc(C(F)(F)F)n1. The summed E-state index contributed by atoms with van der Waals surface area (Å²) in [6.07, 6.45) is -3.01. The molecule has 21 heavy (non-hydrogen) atoms. The second-order valence-corrected chi connectivity index (χ2v) is 4.57. The van der Waals surface area contributed by atoms with E-state index in [-0.39, 0.29) is 6.04 Å². The highest BCUT2D eigenvalue weighted by Crippen LogP contribution is 2.27. The summed E-state index contributed by atoms with van der Waals surface area (Å²) < 4.78 is 38.1. The minimum atomic E-state index is -4.58. The van der Waals surface area contributed by atoms with Crippen LogP contribution >= 0.6 is 0 Å². The van der Waals surface area contributed by atoms with Crippen LogP contribution in [0.15, 0.2) is 12.3 Å². The first-order valence-electron chi connectivity index (χ1n) is 6.27. The third-order valence-corrected chi connectivity index (χ3v) is 2.98. The van der Waals surface area contributed by atoms with Gasteiger partial charge in [0, 0.05) is 12.2 Å². The molecule has 0 aliphatic heterocycles. The third kappa shape index (κ3) is 4.76. The van der Waals surface area contributed by atoms with E-state index in [0.717, 1.165) is 21.8 Å². The summed E-state index contributed by atoms with van der Waals surface area (Å²) in [5.74, 6) is -1.77. The first-order valence-corrected chi connectivity index (χ1v) is 6.27. The monoisotopic (exact) mass is 307 g/mol. The Kier molecular flexibility index (Phi) is 5.34. The Hall–Kier alpha value is -2.06. The number of aromatic nitrogens is 2. The van der Waals surface area contributed by atoms with Gasteiger partial charge in [-0.05, 0) is 19.4 Å². The van der Waals surface area contributed by atoms with Gasteiger partial charge in [0.15, 0.2) is 5.69 Å². The zero-order chi connectivity index (χ0) is 16.2. The number of nitrogens with zero attached hydrogens (tertiary/aromatic N) is 3. The lowest BCUT2D eigenvalue weighted by Crippen LogP contribution is -2.43. The van der Waals surface area contributed by atoms with Crippen molar-refractivity contribution in [3.63, 3.8) is 0 Å². The minimum absolute atomic E-state index is 0.328. The number of hydrogen-bond acceptors (Lipinski definition) is 3. The molecule has 1 aromatic rings. The molecule has 1 N–H and O–H groups in total. The van der Waals surface area contributed by atoms with Crippen molar-refractivity contribution in [3.8, 4) is 0 Å². The third-order valence-electron chi connectivity index (χ3n) is 2.98. The molecular formula is C12H16F3N3O3. The van der Waals surface area contributed by atoms with Crippen LogP contribution in [-0.4, -0.2) is 44.3 Å². The molecule has 0 spiro atoms. The maximum absolute atomic E-state index is 12.4. The highest BCUT2D eigenvalue weighted by atomic mass is 19.4. The molecular weight excluding hydrogens is 291 g/mol. The van der Waals surface area contributed by atoms with Gasteiger partial charge in [0.05, 0.1) is 0 Å². The van der Waals surface area contributed by atoms with E-state index in [1.54, 1.807) is 13.8 Å². The Bertz CT molecular complexity index is 513. The Balaban J connectivity index is 2.81. The zero-order valence-corrected chi connectivity index (χ0v) is 11.6. The van der Waals surface area contributed by atoms with Gasteiger partial charge in [0.2, 0.25) is 5.91 Å². The lowest BCUT2D eigenvalue weighted by molar-refractivity contribution is -0.146. The van der Waals surface area contributed by atoms with Crippen LogP contribution in [0, 0.1) is 0 Å². The minimum Gasteiger partial charge on any atom is -0.480 e. The van der Waals surface area contributed by atoms with Gasteiger partial charge in [-0.3, -0.25) is 14.3 Å². The lowest BCUT2D eigenvalue weighted by atomic mass is 10.2. The number of rotatable bonds is 6. The number of alkyl halides is 3. The quantitative estimate of drug-likeness (QED) is 0.866. The molecule has 118 valence electrons. The smallest absolute Gasteiger partial charge is 0.435 e. The van der Waals surface area contributed by atoms with E-state index in [1.807, 2.05) is 0 Å². The van der Waals surface area contributed by atoms with Crippen LogP contribution < -0.4 is 0 Å². The van der Waals surface area contributed by atoms with Crippen molar-refractivity contribution in [2.45, 2.75) is 39.0 Å². The van der Waals surface area contributed by atoms with Crippen LogP contribution in [0.2, 0.25) is 0 Å². The Morgan fingerprint density at radius 3 is 2.52 bits per heavy atom. The standard InChI is InChI=1S/C12H16F3N3O3/c1-3-8(2)18(7-11(20)21)10(19)6-17-5-4-9(16-17)12(13,14)15/h4-5,8H,3,6-7H2,1-2H3,(H,20,21). The maximum Gasteiger partial charge on any atom is 0.435 e. The van der Waals surface area contributed by atoms with Crippen molar-refractivity contribution in [2.75, 3.05) is 6.54 Å². The predicted octanol–water partition coefficient (Wildman–Crippen LogP) is 1.61. The molecule has 0 aromatic carbocycles. The lowest BCUT2D eigenvalue weighted by Gasteiger charge is -2.26. The summed E-state index contributed by atoms with van der Waals surface area (Å²) >= 11 is 0. The predicted molar refractivity (Wildman–Crippen MR) is 66.3 cm³/mol. The number of amides is 1. The van der Waals surface area contributed by atoms with Crippen molar-refractivity contribution < 1.29 is 27.9 Å². The van der Waals surface area contributed by atoms with Crippen LogP contribution in [-0.2, 0) is 22.3 Å². The molecule has 1 aromatic heterocycles. The topological polar surface area (TPSA) is 75.4 Å². The summed E-state index contributed by atoms with van der Waals surface area (Å²) in [4.78, 5) is 23.9. The Morgan fingerprint density at radius 2 is 2.10 bits per heavy atom. The number of carboxylic acids is 1. The number of aliphatic carboxylic acids is 1. The molecule has 1 unspecified atom stereocenters. The summed E-state index contributed by atoms with van der Waals surface area (Å²) in [5, 5.41) is 12.1. The fourth-order valence-corrected chi connectivity index (χ4v) is 1.69. The molecule has 1 rings (SSSR count). The van der Waals surface area contributed by atoms with Crippen LogP contribution in [0.25, 0.3) is 0 Å². The van der Waals surface area contributed by atoms with Gasteiger partial charge in [-0.2, -0.15) is 18.3 Å². The van der Waals surface area contributed by atoms with Crippen LogP contribution in [0.4, 0.5) is 13.2 Å². The summed E-state index contributed by atoms with van der Waals surface area (Å²) in [7, 11) is 0. The van der Waals surface area contributed by atoms with Gasteiger partial charge in [-0.1, -0.05) is 6.92 Å². The summed E-state index contributed by atoms with van der Waals surface area (Å²) in [6, 6.07) is 0.434. The number of carboxylic acid groups (broad SMARTS) is 1. The average molecular weight is 307 g/mol. The molecule has 0 radical (unpaired) electrons. The van der Waals surface area contributed by atoms with E-state index in [0.29, 0.717) is 6.42 Å². The molecule has 1 heterocycles. The summed E-state index contributed by atoms with van der Waals surface area (Å²) in [5.41, 5.74) is -1.09. The zero-order valence-electron chi connectivity index (χ0n) is 11.6. The van der Waals surface area contributed by atoms with Gasteiger partial charge in [0.25, 0.3) is 0 Å². The van der Waals surface area contributed by atoms with Crippen molar-refractivity contribution in [1.82, 2.24) is 14.7 Å². The normalized spacial score (nSPS) is 13.0. The highest BCUT2D eigenvalue weighted by molar-refractivity contribution is 5.81. The fraction of sp³-hybridized carbons (Fsp3) is 0.583. The second kappa shape index (κ2) is 6.59. The van der Waals surface area contributed by atoms with E-state index >= 15 is 0 Å². The number of carbonyl (C=O) groups is 2. The molecule has 0 bridgehead atoms. The molecule has 0 aliphatic rings. The number of halogens is 3. The maximum atomic E-state index is 12.4. The van der Waals surface area contributed by atoms with Gasteiger partial charge < -0.3 is 10.0 Å². The van der Waals surface area contributed by atoms with E-state index in [4.69, 9.17) is 5.11 Å². The van der Waals surface area contributed by atoms with Crippen molar-refractivity contribution in [2.24, 2.45) is 0 Å². The van der Waals surface area contributed by atoms with E-state index < -0.39 is 36.8 Å². The van der Waals surface area contributed by atoms with Gasteiger partial charge >= 0.3 is 12.1 Å². The second-order valence-electron chi connectivity index (χ2n) is 4.57. The van der Waals surface area contributed by atoms with Crippen molar-refractivity contribution in [3.05, 3.63) is 18.0 Å². The van der Waals surface area contributed by atoms with Gasteiger partial charge in [-0.15, -0.1) is 0 Å². The van der Waals surface area contributed by atoms with Gasteiger partial charge in [-0.25, -0.2) is 0 Å². The van der Waals surface area contributed by atoms with Crippen LogP contribution in [0.5, 0.6) is 0 Å². The fourth-order valence-electron chi connectivity index (χ4n) is 1.69. The molecule has 0 fully saturated rings. The van der Waals surface area contributed by atoms with Crippen molar-refractivity contribution >= 4 is 11.9 Å². The Labute approximate surface area is 119 Å². The van der Waals surface area contributed by atoms with Crippen LogP contribution in [0.1, 0.15) is 26.0 Å². The molecule has 1 atom stereocenters. The summed E-state index contributed by atoms with van der Waals surface area (Å²) in [6.45, 7) is 2.52. The van der Waals surface area contributed by atoms with Crippen molar-refractivity contribution in [1.29, 1.82) is 0 Å². The molecule has 0 aliphatic carbocycles. The largest absolute Gasteiger partial charge is 0.480 e. The average Bonchev–Trinajstić information content (AvgIpc) is 2.83. The van der Waals surface area contributed by atoms with E-state index in [2.05, 4.69) is 5.10 Å². The molecule has 1 amide bonds. The molecule has 0 saturated heterocycles. The van der Waals surface area contributed by atoms with E-state index in [1.165, 1.54) is 0 Å². The first kappa shape index (κ1) is 17.0. The Morgan fingerprint density at radius 1 is 1.48 bits per heavy atom. The van der Waals surface area contributed by atoms with Crippen LogP contribution in [0.3, 0.4) is 0 Å². The number of carbonyl (C=O) groups excluding carboxylic acids is 1. The van der Waals surface area contributed by atoms with Gasteiger partial charge in [0.1, 0.15) is 13.1 Å². The number of hydrogen-bond donors (Lipinski definition) is 1. The molecule has 9 heteroatoms. The van der Waals surface area contributed by atoms with E-state index in [9.17, 15) is 22.8 Å². The first-order chi connectivity index (χ1) is 9.65. The highest BCUT2D eigenvalue weighted by Gasteiger charge is 2.33.